The van der Waals surface area contributed by atoms with Crippen LogP contribution in [0.1, 0.15) is 0 Å². The number of fused-ring (bicyclic) bond motifs is 1. The molecule has 1 aromatic heterocycles. The summed E-state index contributed by atoms with van der Waals surface area (Å²) in [6, 6.07) is 15.4. The van der Waals surface area contributed by atoms with Gasteiger partial charge in [0.05, 0.1) is 16.2 Å². The summed E-state index contributed by atoms with van der Waals surface area (Å²) in [6.07, 6.45) is 1.54. The lowest BCUT2D eigenvalue weighted by Gasteiger charge is -2.09. The fourth-order valence-corrected chi connectivity index (χ4v) is 1.98. The first-order chi connectivity index (χ1) is 8.84. The van der Waals surface area contributed by atoms with Gasteiger partial charge in [-0.1, -0.05) is 35.9 Å². The maximum absolute atomic E-state index is 6.12. The number of hydrogen-bond acceptors (Lipinski definition) is 3. The van der Waals surface area contributed by atoms with E-state index in [-0.39, 0.29) is 12.4 Å². The summed E-state index contributed by atoms with van der Waals surface area (Å²) in [6.45, 7) is 0. The van der Waals surface area contributed by atoms with Crippen LogP contribution in [0.2, 0.25) is 5.02 Å². The number of aromatic nitrogens is 2. The summed E-state index contributed by atoms with van der Waals surface area (Å²) in [5.41, 5.74) is 1.74. The van der Waals surface area contributed by atoms with Crippen LogP contribution in [0.3, 0.4) is 0 Å². The van der Waals surface area contributed by atoms with Crippen molar-refractivity contribution in [2.45, 2.75) is 0 Å². The summed E-state index contributed by atoms with van der Waals surface area (Å²) in [5.74, 6) is 0.758. The van der Waals surface area contributed by atoms with Gasteiger partial charge in [-0.05, 0) is 24.3 Å². The SMILES string of the molecule is Cl.Clc1ccccc1Nc1ncnc2ccccc12. The maximum atomic E-state index is 6.12. The highest BCUT2D eigenvalue weighted by Gasteiger charge is 2.04. The third kappa shape index (κ3) is 2.78. The molecule has 1 N–H and O–H groups in total. The lowest BCUT2D eigenvalue weighted by Crippen LogP contribution is -1.96. The molecule has 0 saturated heterocycles. The Morgan fingerprint density at radius 1 is 0.895 bits per heavy atom. The van der Waals surface area contributed by atoms with Gasteiger partial charge in [-0.25, -0.2) is 9.97 Å². The van der Waals surface area contributed by atoms with Crippen LogP contribution >= 0.6 is 24.0 Å². The first-order valence-corrected chi connectivity index (χ1v) is 5.94. The Kier molecular flexibility index (Phi) is 4.20. The predicted molar refractivity (Wildman–Crippen MR) is 81.5 cm³/mol. The molecular weight excluding hydrogens is 281 g/mol. The molecule has 0 atom stereocenters. The number of rotatable bonds is 2. The van der Waals surface area contributed by atoms with Gasteiger partial charge in [0, 0.05) is 5.39 Å². The van der Waals surface area contributed by atoms with Gasteiger partial charge in [0.15, 0.2) is 0 Å². The van der Waals surface area contributed by atoms with Gasteiger partial charge in [0.2, 0.25) is 0 Å². The normalized spacial score (nSPS) is 9.95. The smallest absolute Gasteiger partial charge is 0.141 e. The molecule has 0 fully saturated rings. The van der Waals surface area contributed by atoms with Crippen LogP contribution in [0, 0.1) is 0 Å². The highest BCUT2D eigenvalue weighted by Crippen LogP contribution is 2.27. The fourth-order valence-electron chi connectivity index (χ4n) is 1.79. The molecule has 96 valence electrons. The minimum Gasteiger partial charge on any atom is -0.338 e. The number of nitrogens with one attached hydrogen (secondary N) is 1. The van der Waals surface area contributed by atoms with Gasteiger partial charge in [-0.15, -0.1) is 12.4 Å². The molecule has 0 unspecified atom stereocenters. The zero-order valence-corrected chi connectivity index (χ0v) is 11.4. The van der Waals surface area contributed by atoms with Crippen LogP contribution in [0.15, 0.2) is 54.9 Å². The average Bonchev–Trinajstić information content (AvgIpc) is 2.42. The Balaban J connectivity index is 0.00000133. The van der Waals surface area contributed by atoms with Gasteiger partial charge in [0.1, 0.15) is 12.1 Å². The van der Waals surface area contributed by atoms with Crippen molar-refractivity contribution in [3.8, 4) is 0 Å². The van der Waals surface area contributed by atoms with Crippen molar-refractivity contribution in [3.63, 3.8) is 0 Å². The molecule has 3 aromatic rings. The number of benzene rings is 2. The van der Waals surface area contributed by atoms with Crippen molar-refractivity contribution in [3.05, 3.63) is 59.9 Å². The second-order valence-corrected chi connectivity index (χ2v) is 4.25. The van der Waals surface area contributed by atoms with Crippen LogP contribution in [-0.4, -0.2) is 9.97 Å². The lowest BCUT2D eigenvalue weighted by molar-refractivity contribution is 1.22. The quantitative estimate of drug-likeness (QED) is 0.758. The van der Waals surface area contributed by atoms with Crippen molar-refractivity contribution in [2.75, 3.05) is 5.32 Å². The minimum absolute atomic E-state index is 0. The van der Waals surface area contributed by atoms with Gasteiger partial charge in [-0.3, -0.25) is 0 Å². The second kappa shape index (κ2) is 5.87. The van der Waals surface area contributed by atoms with Crippen molar-refractivity contribution in [1.29, 1.82) is 0 Å². The zero-order valence-electron chi connectivity index (χ0n) is 9.88. The number of halogens is 2. The highest BCUT2D eigenvalue weighted by molar-refractivity contribution is 6.33. The second-order valence-electron chi connectivity index (χ2n) is 3.84. The van der Waals surface area contributed by atoms with E-state index in [2.05, 4.69) is 15.3 Å². The molecule has 2 aromatic carbocycles. The largest absolute Gasteiger partial charge is 0.338 e. The van der Waals surface area contributed by atoms with E-state index in [0.717, 1.165) is 22.4 Å². The highest BCUT2D eigenvalue weighted by atomic mass is 35.5. The molecule has 19 heavy (non-hydrogen) atoms. The molecule has 0 saturated carbocycles. The monoisotopic (exact) mass is 291 g/mol. The van der Waals surface area contributed by atoms with Gasteiger partial charge in [0.25, 0.3) is 0 Å². The van der Waals surface area contributed by atoms with Crippen LogP contribution in [0.25, 0.3) is 10.9 Å². The molecular formula is C14H11Cl2N3. The molecule has 3 rings (SSSR count). The van der Waals surface area contributed by atoms with Crippen LogP contribution in [0.5, 0.6) is 0 Å². The number of hydrogen-bond donors (Lipinski definition) is 1. The Labute approximate surface area is 122 Å². The Morgan fingerprint density at radius 3 is 2.47 bits per heavy atom. The number of anilines is 2. The van der Waals surface area contributed by atoms with Gasteiger partial charge >= 0.3 is 0 Å². The van der Waals surface area contributed by atoms with Gasteiger partial charge in [-0.2, -0.15) is 0 Å². The lowest BCUT2D eigenvalue weighted by atomic mass is 10.2. The van der Waals surface area contributed by atoms with Crippen molar-refractivity contribution < 1.29 is 0 Å². The zero-order chi connectivity index (χ0) is 12.4. The molecule has 0 aliphatic heterocycles. The molecule has 0 bridgehead atoms. The van der Waals surface area contributed by atoms with Crippen molar-refractivity contribution in [2.24, 2.45) is 0 Å². The summed E-state index contributed by atoms with van der Waals surface area (Å²) < 4.78 is 0. The van der Waals surface area contributed by atoms with E-state index >= 15 is 0 Å². The predicted octanol–water partition coefficient (Wildman–Crippen LogP) is 4.45. The molecule has 0 radical (unpaired) electrons. The first kappa shape index (κ1) is 13.6. The molecule has 0 aliphatic carbocycles. The van der Waals surface area contributed by atoms with E-state index < -0.39 is 0 Å². The maximum Gasteiger partial charge on any atom is 0.141 e. The van der Waals surface area contributed by atoms with E-state index in [9.17, 15) is 0 Å². The minimum atomic E-state index is 0. The topological polar surface area (TPSA) is 37.8 Å². The third-order valence-corrected chi connectivity index (χ3v) is 3.00. The molecule has 0 aliphatic rings. The summed E-state index contributed by atoms with van der Waals surface area (Å²) in [7, 11) is 0. The van der Waals surface area contributed by atoms with Crippen molar-refractivity contribution >= 4 is 46.4 Å². The standard InChI is InChI=1S/C14H10ClN3.ClH/c15-11-6-2-4-8-13(11)18-14-10-5-1-3-7-12(10)16-9-17-14;/h1-9H,(H,16,17,18);1H. The van der Waals surface area contributed by atoms with E-state index in [1.165, 1.54) is 0 Å². The van der Waals surface area contributed by atoms with Crippen LogP contribution < -0.4 is 5.32 Å². The average molecular weight is 292 g/mol. The fraction of sp³-hybridized carbons (Fsp3) is 0. The Bertz CT molecular complexity index is 696. The molecule has 0 amide bonds. The van der Waals surface area contributed by atoms with E-state index in [0.29, 0.717) is 5.02 Å². The molecule has 5 heteroatoms. The molecule has 0 spiro atoms. The number of para-hydroxylation sites is 2. The number of nitrogens with zero attached hydrogens (tertiary/aromatic N) is 2. The van der Waals surface area contributed by atoms with Crippen molar-refractivity contribution in [1.82, 2.24) is 9.97 Å². The van der Waals surface area contributed by atoms with E-state index in [4.69, 9.17) is 11.6 Å². The Morgan fingerprint density at radius 2 is 1.63 bits per heavy atom. The van der Waals surface area contributed by atoms with Gasteiger partial charge < -0.3 is 5.32 Å². The summed E-state index contributed by atoms with van der Waals surface area (Å²) >= 11 is 6.12. The van der Waals surface area contributed by atoms with E-state index in [1.54, 1.807) is 6.33 Å². The Hall–Kier alpha value is -1.84. The third-order valence-electron chi connectivity index (χ3n) is 2.67. The van der Waals surface area contributed by atoms with E-state index in [1.807, 2.05) is 48.5 Å². The first-order valence-electron chi connectivity index (χ1n) is 5.56. The van der Waals surface area contributed by atoms with Crippen LogP contribution in [0.4, 0.5) is 11.5 Å². The molecule has 3 nitrogen and oxygen atoms in total. The molecule has 1 heterocycles. The van der Waals surface area contributed by atoms with Crippen LogP contribution in [-0.2, 0) is 0 Å². The summed E-state index contributed by atoms with van der Waals surface area (Å²) in [5, 5.41) is 4.87. The summed E-state index contributed by atoms with van der Waals surface area (Å²) in [4.78, 5) is 8.48.